The van der Waals surface area contributed by atoms with Crippen molar-refractivity contribution in [1.82, 2.24) is 14.6 Å². The Hall–Kier alpha value is -3.87. The van der Waals surface area contributed by atoms with E-state index in [2.05, 4.69) is 10.3 Å². The highest BCUT2D eigenvalue weighted by Gasteiger charge is 2.20. The second kappa shape index (κ2) is 9.55. The van der Waals surface area contributed by atoms with Crippen LogP contribution in [0.3, 0.4) is 0 Å². The number of benzene rings is 2. The Labute approximate surface area is 199 Å². The van der Waals surface area contributed by atoms with Gasteiger partial charge in [0.05, 0.1) is 30.2 Å². The van der Waals surface area contributed by atoms with Crippen LogP contribution in [-0.2, 0) is 0 Å². The number of fused-ring (bicyclic) bond motifs is 1. The smallest absolute Gasteiger partial charge is 0.259 e. The van der Waals surface area contributed by atoms with Crippen molar-refractivity contribution in [3.8, 4) is 22.6 Å². The minimum Gasteiger partial charge on any atom is -0.490 e. The molecule has 0 fully saturated rings. The number of aryl methyl sites for hydroxylation is 4. The van der Waals surface area contributed by atoms with Gasteiger partial charge in [-0.05, 0) is 70.9 Å². The highest BCUT2D eigenvalue weighted by molar-refractivity contribution is 6.05. The summed E-state index contributed by atoms with van der Waals surface area (Å²) in [5.74, 6) is 1.17. The Morgan fingerprint density at radius 2 is 1.71 bits per heavy atom. The van der Waals surface area contributed by atoms with E-state index in [0.29, 0.717) is 35.9 Å². The molecular weight excluding hydrogens is 428 g/mol. The SMILES string of the molecule is CCOc1ccc(-c2c(C)nn3c(C)c(C(=O)Nc4ccc(C)cc4C)cnc23)cc1OCC. The first-order chi connectivity index (χ1) is 16.3. The molecule has 0 saturated carbocycles. The summed E-state index contributed by atoms with van der Waals surface area (Å²) < 4.78 is 13.2. The van der Waals surface area contributed by atoms with E-state index in [1.54, 1.807) is 10.7 Å². The molecule has 7 nitrogen and oxygen atoms in total. The lowest BCUT2D eigenvalue weighted by atomic mass is 10.1. The molecule has 2 aromatic heterocycles. The molecule has 176 valence electrons. The lowest BCUT2D eigenvalue weighted by molar-refractivity contribution is 0.102. The maximum atomic E-state index is 13.1. The standard InChI is InChI=1S/C27H30N4O3/c1-7-33-23-12-10-20(14-24(23)34-8-2)25-18(5)30-31-19(6)21(15-28-26(25)31)27(32)29-22-11-9-16(3)13-17(22)4/h9-15H,7-8H2,1-6H3,(H,29,32). The van der Waals surface area contributed by atoms with Gasteiger partial charge in [0, 0.05) is 17.4 Å². The highest BCUT2D eigenvalue weighted by atomic mass is 16.5. The van der Waals surface area contributed by atoms with Gasteiger partial charge in [0.15, 0.2) is 17.1 Å². The Kier molecular flexibility index (Phi) is 6.54. The molecule has 4 rings (SSSR count). The summed E-state index contributed by atoms with van der Waals surface area (Å²) in [6, 6.07) is 11.8. The van der Waals surface area contributed by atoms with Gasteiger partial charge in [-0.1, -0.05) is 23.8 Å². The molecule has 0 aliphatic rings. The van der Waals surface area contributed by atoms with Crippen LogP contribution in [0.5, 0.6) is 11.5 Å². The van der Waals surface area contributed by atoms with Crippen molar-refractivity contribution in [2.24, 2.45) is 0 Å². The topological polar surface area (TPSA) is 77.8 Å². The third-order valence-electron chi connectivity index (χ3n) is 5.77. The van der Waals surface area contributed by atoms with E-state index >= 15 is 0 Å². The summed E-state index contributed by atoms with van der Waals surface area (Å²) in [5, 5.41) is 7.71. The molecule has 0 aliphatic carbocycles. The predicted octanol–water partition coefficient (Wildman–Crippen LogP) is 5.68. The molecule has 1 N–H and O–H groups in total. The third kappa shape index (κ3) is 4.33. The molecule has 0 radical (unpaired) electrons. The molecule has 0 saturated heterocycles. The molecule has 34 heavy (non-hydrogen) atoms. The van der Waals surface area contributed by atoms with E-state index in [0.717, 1.165) is 39.3 Å². The van der Waals surface area contributed by atoms with Crippen LogP contribution in [0.1, 0.15) is 46.7 Å². The summed E-state index contributed by atoms with van der Waals surface area (Å²) >= 11 is 0. The van der Waals surface area contributed by atoms with Crippen molar-refractivity contribution in [1.29, 1.82) is 0 Å². The quantitative estimate of drug-likeness (QED) is 0.386. The van der Waals surface area contributed by atoms with Gasteiger partial charge < -0.3 is 14.8 Å². The van der Waals surface area contributed by atoms with Crippen molar-refractivity contribution in [3.63, 3.8) is 0 Å². The van der Waals surface area contributed by atoms with Crippen LogP contribution in [0.2, 0.25) is 0 Å². The fourth-order valence-electron chi connectivity index (χ4n) is 4.11. The number of ether oxygens (including phenoxy) is 2. The molecule has 2 heterocycles. The first-order valence-corrected chi connectivity index (χ1v) is 11.5. The largest absolute Gasteiger partial charge is 0.490 e. The average Bonchev–Trinajstić information content (AvgIpc) is 3.14. The van der Waals surface area contributed by atoms with Gasteiger partial charge in [-0.25, -0.2) is 9.50 Å². The molecule has 1 amide bonds. The van der Waals surface area contributed by atoms with Crippen LogP contribution < -0.4 is 14.8 Å². The van der Waals surface area contributed by atoms with E-state index < -0.39 is 0 Å². The highest BCUT2D eigenvalue weighted by Crippen LogP contribution is 2.36. The Balaban J connectivity index is 1.74. The number of carbonyl (C=O) groups is 1. The molecule has 7 heteroatoms. The molecule has 0 spiro atoms. The fraction of sp³-hybridized carbons (Fsp3) is 0.296. The maximum Gasteiger partial charge on any atom is 0.259 e. The van der Waals surface area contributed by atoms with Crippen molar-refractivity contribution in [2.75, 3.05) is 18.5 Å². The fourth-order valence-corrected chi connectivity index (χ4v) is 4.11. The maximum absolute atomic E-state index is 13.1. The molecule has 0 unspecified atom stereocenters. The van der Waals surface area contributed by atoms with Crippen LogP contribution in [0.25, 0.3) is 16.8 Å². The zero-order valence-corrected chi connectivity index (χ0v) is 20.5. The molecule has 0 atom stereocenters. The van der Waals surface area contributed by atoms with Gasteiger partial charge in [0.1, 0.15) is 0 Å². The zero-order valence-electron chi connectivity index (χ0n) is 20.5. The second-order valence-electron chi connectivity index (χ2n) is 8.25. The normalized spacial score (nSPS) is 11.0. The number of nitrogens with zero attached hydrogens (tertiary/aromatic N) is 3. The summed E-state index contributed by atoms with van der Waals surface area (Å²) in [6.45, 7) is 12.8. The molecule has 0 bridgehead atoms. The number of nitrogens with one attached hydrogen (secondary N) is 1. The predicted molar refractivity (Wildman–Crippen MR) is 134 cm³/mol. The number of carbonyl (C=O) groups excluding carboxylic acids is 1. The lowest BCUT2D eigenvalue weighted by Crippen LogP contribution is -2.16. The van der Waals surface area contributed by atoms with Gasteiger partial charge in [0.25, 0.3) is 5.91 Å². The monoisotopic (exact) mass is 458 g/mol. The van der Waals surface area contributed by atoms with Crippen LogP contribution in [-0.4, -0.2) is 33.7 Å². The minimum atomic E-state index is -0.215. The van der Waals surface area contributed by atoms with Gasteiger partial charge in [-0.2, -0.15) is 5.10 Å². The van der Waals surface area contributed by atoms with E-state index in [1.165, 1.54) is 0 Å². The van der Waals surface area contributed by atoms with E-state index in [-0.39, 0.29) is 5.91 Å². The van der Waals surface area contributed by atoms with Crippen LogP contribution in [0.4, 0.5) is 5.69 Å². The lowest BCUT2D eigenvalue weighted by Gasteiger charge is -2.13. The Morgan fingerprint density at radius 3 is 2.41 bits per heavy atom. The first kappa shape index (κ1) is 23.3. The van der Waals surface area contributed by atoms with Crippen molar-refractivity contribution >= 4 is 17.2 Å². The summed E-state index contributed by atoms with van der Waals surface area (Å²) in [5.41, 5.74) is 7.46. The summed E-state index contributed by atoms with van der Waals surface area (Å²) in [4.78, 5) is 17.7. The number of amides is 1. The van der Waals surface area contributed by atoms with E-state index in [1.807, 2.05) is 77.9 Å². The van der Waals surface area contributed by atoms with Crippen molar-refractivity contribution in [3.05, 3.63) is 70.7 Å². The molecule has 2 aromatic carbocycles. The average molecular weight is 459 g/mol. The number of hydrogen-bond acceptors (Lipinski definition) is 5. The first-order valence-electron chi connectivity index (χ1n) is 11.5. The number of rotatable bonds is 7. The van der Waals surface area contributed by atoms with E-state index in [4.69, 9.17) is 14.6 Å². The molecule has 4 aromatic rings. The number of anilines is 1. The molecule has 0 aliphatic heterocycles. The number of hydrogen-bond donors (Lipinski definition) is 1. The van der Waals surface area contributed by atoms with Crippen LogP contribution in [0.15, 0.2) is 42.6 Å². The van der Waals surface area contributed by atoms with Gasteiger partial charge in [-0.15, -0.1) is 0 Å². The van der Waals surface area contributed by atoms with E-state index in [9.17, 15) is 4.79 Å². The second-order valence-corrected chi connectivity index (χ2v) is 8.25. The molecular formula is C27H30N4O3. The van der Waals surface area contributed by atoms with Gasteiger partial charge in [-0.3, -0.25) is 4.79 Å². The Morgan fingerprint density at radius 1 is 0.971 bits per heavy atom. The zero-order chi connectivity index (χ0) is 24.4. The van der Waals surface area contributed by atoms with Crippen LogP contribution >= 0.6 is 0 Å². The summed E-state index contributed by atoms with van der Waals surface area (Å²) in [6.07, 6.45) is 1.62. The third-order valence-corrected chi connectivity index (χ3v) is 5.77. The van der Waals surface area contributed by atoms with Gasteiger partial charge >= 0.3 is 0 Å². The van der Waals surface area contributed by atoms with Crippen molar-refractivity contribution in [2.45, 2.75) is 41.5 Å². The summed E-state index contributed by atoms with van der Waals surface area (Å²) in [7, 11) is 0. The minimum absolute atomic E-state index is 0.215. The van der Waals surface area contributed by atoms with Gasteiger partial charge in [0.2, 0.25) is 0 Å². The Bertz CT molecular complexity index is 1370. The number of aromatic nitrogens is 3. The van der Waals surface area contributed by atoms with Crippen LogP contribution in [0, 0.1) is 27.7 Å². The van der Waals surface area contributed by atoms with Crippen molar-refractivity contribution < 1.29 is 14.3 Å².